The van der Waals surface area contributed by atoms with Crippen molar-refractivity contribution < 1.29 is 14.4 Å². The molecule has 4 rings (SSSR count). The molecule has 3 amide bonds. The van der Waals surface area contributed by atoms with E-state index < -0.39 is 0 Å². The number of carbonyl (C=O) groups excluding carboxylic acids is 3. The first-order chi connectivity index (χ1) is 14.0. The number of nitrogens with zero attached hydrogens (tertiary/aromatic N) is 1. The molecule has 3 aromatic carbocycles. The van der Waals surface area contributed by atoms with Gasteiger partial charge in [0.25, 0.3) is 11.8 Å². The molecule has 0 bridgehead atoms. The molecule has 1 aliphatic heterocycles. The van der Waals surface area contributed by atoms with Crippen molar-refractivity contribution in [1.29, 1.82) is 0 Å². The number of amides is 3. The van der Waals surface area contributed by atoms with Crippen molar-refractivity contribution in [1.82, 2.24) is 0 Å². The van der Waals surface area contributed by atoms with Gasteiger partial charge in [0.05, 0.1) is 22.6 Å². The van der Waals surface area contributed by atoms with Crippen molar-refractivity contribution >= 4 is 40.9 Å². The second-order valence-corrected chi connectivity index (χ2v) is 7.66. The van der Waals surface area contributed by atoms with E-state index in [4.69, 9.17) is 0 Å². The molecule has 0 spiro atoms. The van der Waals surface area contributed by atoms with Crippen molar-refractivity contribution in [2.75, 3.05) is 16.0 Å². The molecule has 1 heterocycles. The average molecular weight is 402 g/mol. The Morgan fingerprint density at radius 3 is 2.24 bits per heavy atom. The molecule has 29 heavy (non-hydrogen) atoms. The fourth-order valence-corrected chi connectivity index (χ4v) is 4.03. The fraction of sp³-hybridized carbons (Fsp3) is 0.0870. The van der Waals surface area contributed by atoms with Crippen LogP contribution < -0.4 is 10.2 Å². The van der Waals surface area contributed by atoms with E-state index in [0.717, 1.165) is 15.4 Å². The summed E-state index contributed by atoms with van der Waals surface area (Å²) in [5, 5.41) is 2.84. The number of anilines is 2. The predicted molar refractivity (Wildman–Crippen MR) is 115 cm³/mol. The smallest absolute Gasteiger partial charge is 0.266 e. The van der Waals surface area contributed by atoms with Crippen molar-refractivity contribution in [3.8, 4) is 0 Å². The van der Waals surface area contributed by atoms with Crippen molar-refractivity contribution in [2.24, 2.45) is 0 Å². The normalized spacial score (nSPS) is 12.8. The number of aryl methyl sites for hydroxylation is 1. The lowest BCUT2D eigenvalue weighted by Gasteiger charge is -2.15. The third-order valence-corrected chi connectivity index (χ3v) is 5.81. The van der Waals surface area contributed by atoms with Crippen LogP contribution in [0.1, 0.15) is 26.3 Å². The highest BCUT2D eigenvalue weighted by molar-refractivity contribution is 8.00. The maximum atomic E-state index is 12.6. The molecule has 1 aliphatic rings. The number of thioether (sulfide) groups is 1. The molecule has 0 atom stereocenters. The zero-order valence-corrected chi connectivity index (χ0v) is 16.5. The predicted octanol–water partition coefficient (Wildman–Crippen LogP) is 4.53. The summed E-state index contributed by atoms with van der Waals surface area (Å²) in [4.78, 5) is 39.9. The number of nitrogens with one attached hydrogen (secondary N) is 1. The molecule has 3 aromatic rings. The summed E-state index contributed by atoms with van der Waals surface area (Å²) in [5.74, 6) is -0.603. The first-order valence-corrected chi connectivity index (χ1v) is 10.1. The molecular formula is C23H18N2O3S. The van der Waals surface area contributed by atoms with Gasteiger partial charge < -0.3 is 5.32 Å². The number of hydrogen-bond donors (Lipinski definition) is 1. The van der Waals surface area contributed by atoms with Gasteiger partial charge in [-0.25, -0.2) is 4.90 Å². The molecule has 0 saturated carbocycles. The first-order valence-electron chi connectivity index (χ1n) is 9.11. The SMILES string of the molecule is Cc1ccccc1SCC(=O)Nc1cccc(N2C(=O)c3ccccc3C2=O)c1. The molecule has 0 aliphatic carbocycles. The minimum Gasteiger partial charge on any atom is -0.325 e. The van der Waals surface area contributed by atoms with Gasteiger partial charge in [0, 0.05) is 10.6 Å². The average Bonchev–Trinajstić information content (AvgIpc) is 2.98. The van der Waals surface area contributed by atoms with Crippen LogP contribution in [0.25, 0.3) is 0 Å². The van der Waals surface area contributed by atoms with Crippen LogP contribution in [0.2, 0.25) is 0 Å². The van der Waals surface area contributed by atoms with Crippen LogP contribution in [0.4, 0.5) is 11.4 Å². The van der Waals surface area contributed by atoms with Crippen LogP contribution in [0.3, 0.4) is 0 Å². The Hall–Kier alpha value is -3.38. The zero-order chi connectivity index (χ0) is 20.4. The Kier molecular flexibility index (Phi) is 5.18. The largest absolute Gasteiger partial charge is 0.325 e. The summed E-state index contributed by atoms with van der Waals surface area (Å²) >= 11 is 1.47. The van der Waals surface area contributed by atoms with Crippen LogP contribution >= 0.6 is 11.8 Å². The Balaban J connectivity index is 1.47. The quantitative estimate of drug-likeness (QED) is 0.503. The lowest BCUT2D eigenvalue weighted by Crippen LogP contribution is -2.29. The number of fused-ring (bicyclic) bond motifs is 1. The third-order valence-electron chi connectivity index (χ3n) is 4.63. The number of imide groups is 1. The highest BCUT2D eigenvalue weighted by atomic mass is 32.2. The van der Waals surface area contributed by atoms with Crippen molar-refractivity contribution in [3.63, 3.8) is 0 Å². The third kappa shape index (κ3) is 3.79. The molecule has 0 fully saturated rings. The summed E-state index contributed by atoms with van der Waals surface area (Å²) in [6.07, 6.45) is 0. The van der Waals surface area contributed by atoms with Gasteiger partial charge in [-0.15, -0.1) is 11.8 Å². The summed E-state index contributed by atoms with van der Waals surface area (Å²) < 4.78 is 0. The Morgan fingerprint density at radius 1 is 0.897 bits per heavy atom. The Bertz CT molecular complexity index is 1090. The van der Waals surface area contributed by atoms with E-state index in [0.29, 0.717) is 22.5 Å². The van der Waals surface area contributed by atoms with Gasteiger partial charge in [-0.05, 0) is 48.9 Å². The molecule has 0 saturated heterocycles. The van der Waals surface area contributed by atoms with E-state index in [1.807, 2.05) is 31.2 Å². The summed E-state index contributed by atoms with van der Waals surface area (Å²) in [6, 6.07) is 21.4. The first kappa shape index (κ1) is 19.0. The van der Waals surface area contributed by atoms with E-state index in [1.165, 1.54) is 11.8 Å². The second kappa shape index (κ2) is 7.93. The molecule has 144 valence electrons. The van der Waals surface area contributed by atoms with Crippen molar-refractivity contribution in [3.05, 3.63) is 89.5 Å². The number of rotatable bonds is 5. The number of benzene rings is 3. The second-order valence-electron chi connectivity index (χ2n) is 6.64. The van der Waals surface area contributed by atoms with Crippen LogP contribution in [0.15, 0.2) is 77.7 Å². The molecule has 6 heteroatoms. The number of carbonyl (C=O) groups is 3. The van der Waals surface area contributed by atoms with Crippen LogP contribution in [-0.4, -0.2) is 23.5 Å². The van der Waals surface area contributed by atoms with E-state index in [1.54, 1.807) is 48.5 Å². The van der Waals surface area contributed by atoms with Crippen LogP contribution in [0, 0.1) is 6.92 Å². The van der Waals surface area contributed by atoms with E-state index >= 15 is 0 Å². The zero-order valence-electron chi connectivity index (χ0n) is 15.7. The molecule has 5 nitrogen and oxygen atoms in total. The highest BCUT2D eigenvalue weighted by Crippen LogP contribution is 2.30. The van der Waals surface area contributed by atoms with E-state index in [2.05, 4.69) is 5.32 Å². The van der Waals surface area contributed by atoms with Crippen LogP contribution in [-0.2, 0) is 4.79 Å². The molecule has 0 radical (unpaired) electrons. The topological polar surface area (TPSA) is 66.5 Å². The van der Waals surface area contributed by atoms with Gasteiger partial charge in [0.1, 0.15) is 0 Å². The fourth-order valence-electron chi connectivity index (χ4n) is 3.21. The van der Waals surface area contributed by atoms with Crippen LogP contribution in [0.5, 0.6) is 0 Å². The highest BCUT2D eigenvalue weighted by Gasteiger charge is 2.36. The Labute approximate surface area is 172 Å². The van der Waals surface area contributed by atoms with Gasteiger partial charge in [-0.3, -0.25) is 14.4 Å². The molecular weight excluding hydrogens is 384 g/mol. The minimum absolute atomic E-state index is 0.155. The summed E-state index contributed by atoms with van der Waals surface area (Å²) in [7, 11) is 0. The lowest BCUT2D eigenvalue weighted by molar-refractivity contribution is -0.113. The van der Waals surface area contributed by atoms with Gasteiger partial charge in [0.15, 0.2) is 0 Å². The Morgan fingerprint density at radius 2 is 1.55 bits per heavy atom. The van der Waals surface area contributed by atoms with Gasteiger partial charge in [-0.1, -0.05) is 36.4 Å². The van der Waals surface area contributed by atoms with E-state index in [-0.39, 0.29) is 23.5 Å². The maximum Gasteiger partial charge on any atom is 0.266 e. The van der Waals surface area contributed by atoms with Gasteiger partial charge in [-0.2, -0.15) is 0 Å². The molecule has 1 N–H and O–H groups in total. The summed E-state index contributed by atoms with van der Waals surface area (Å²) in [6.45, 7) is 2.01. The minimum atomic E-state index is -0.357. The molecule has 0 aromatic heterocycles. The monoisotopic (exact) mass is 402 g/mol. The molecule has 0 unspecified atom stereocenters. The maximum absolute atomic E-state index is 12.6. The summed E-state index contributed by atoms with van der Waals surface area (Å²) in [5.41, 5.74) is 2.87. The standard InChI is InChI=1S/C23H18N2O3S/c1-15-7-2-5-12-20(15)29-14-21(26)24-16-8-6-9-17(13-16)25-22(27)18-10-3-4-11-19(18)23(25)28/h2-13H,14H2,1H3,(H,24,26). The number of hydrogen-bond acceptors (Lipinski definition) is 4. The van der Waals surface area contributed by atoms with Gasteiger partial charge >= 0.3 is 0 Å². The van der Waals surface area contributed by atoms with E-state index in [9.17, 15) is 14.4 Å². The van der Waals surface area contributed by atoms with Crippen molar-refractivity contribution in [2.45, 2.75) is 11.8 Å². The van der Waals surface area contributed by atoms with Gasteiger partial charge in [0.2, 0.25) is 5.91 Å². The lowest BCUT2D eigenvalue weighted by atomic mass is 10.1.